The smallest absolute Gasteiger partial charge is 0.153 e. The highest BCUT2D eigenvalue weighted by Crippen LogP contribution is 2.19. The molecule has 0 atom stereocenters. The first-order valence-electron chi connectivity index (χ1n) is 5.91. The van der Waals surface area contributed by atoms with Crippen LogP contribution in [0.5, 0.6) is 0 Å². The van der Waals surface area contributed by atoms with Crippen molar-refractivity contribution in [2.45, 2.75) is 6.54 Å². The molecule has 0 N–H and O–H groups in total. The van der Waals surface area contributed by atoms with Gasteiger partial charge in [0.2, 0.25) is 0 Å². The summed E-state index contributed by atoms with van der Waals surface area (Å²) in [5, 5.41) is 0. The van der Waals surface area contributed by atoms with Gasteiger partial charge in [0.15, 0.2) is 6.29 Å². The van der Waals surface area contributed by atoms with E-state index in [9.17, 15) is 9.18 Å². The lowest BCUT2D eigenvalue weighted by molar-refractivity contribution is 0.112. The molecule has 0 aliphatic rings. The third kappa shape index (κ3) is 2.12. The second-order valence-corrected chi connectivity index (χ2v) is 4.33. The normalized spacial score (nSPS) is 10.8. The second kappa shape index (κ2) is 4.65. The number of hydrogen-bond acceptors (Lipinski definition) is 2. The Morgan fingerprint density at radius 3 is 2.95 bits per heavy atom. The number of benzene rings is 1. The number of pyridine rings is 1. The lowest BCUT2D eigenvalue weighted by Crippen LogP contribution is -1.98. The molecule has 3 aromatic rings. The summed E-state index contributed by atoms with van der Waals surface area (Å²) in [6.45, 7) is 0.508. The predicted molar refractivity (Wildman–Crippen MR) is 70.6 cm³/mol. The summed E-state index contributed by atoms with van der Waals surface area (Å²) in [7, 11) is 0. The maximum Gasteiger partial charge on any atom is 0.153 e. The summed E-state index contributed by atoms with van der Waals surface area (Å²) in [5.74, 6) is -0.261. The average Bonchev–Trinajstić information content (AvgIpc) is 2.77. The molecule has 0 aliphatic carbocycles. The van der Waals surface area contributed by atoms with Crippen molar-refractivity contribution in [1.29, 1.82) is 0 Å². The Balaban J connectivity index is 2.08. The first-order valence-corrected chi connectivity index (χ1v) is 5.91. The van der Waals surface area contributed by atoms with Crippen LogP contribution in [0.1, 0.15) is 15.9 Å². The average molecular weight is 254 g/mol. The molecule has 2 heterocycles. The number of fused-ring (bicyclic) bond motifs is 1. The lowest BCUT2D eigenvalue weighted by atomic mass is 10.2. The zero-order chi connectivity index (χ0) is 13.2. The van der Waals surface area contributed by atoms with Crippen molar-refractivity contribution in [2.75, 3.05) is 0 Å². The molecule has 0 fully saturated rings. The largest absolute Gasteiger partial charge is 0.341 e. The molecular formula is C15H11FN2O. The molecule has 0 amide bonds. The van der Waals surface area contributed by atoms with Crippen LogP contribution in [-0.4, -0.2) is 15.8 Å². The van der Waals surface area contributed by atoms with Crippen LogP contribution in [-0.2, 0) is 6.54 Å². The van der Waals surface area contributed by atoms with Gasteiger partial charge in [-0.3, -0.25) is 9.78 Å². The Hall–Kier alpha value is -2.49. The highest BCUT2D eigenvalue weighted by atomic mass is 19.1. The summed E-state index contributed by atoms with van der Waals surface area (Å²) in [6.07, 6.45) is 4.19. The predicted octanol–water partition coefficient (Wildman–Crippen LogP) is 3.04. The number of nitrogens with zero attached hydrogens (tertiary/aromatic N) is 2. The Bertz CT molecular complexity index is 749. The Morgan fingerprint density at radius 2 is 2.16 bits per heavy atom. The van der Waals surface area contributed by atoms with Crippen LogP contribution < -0.4 is 0 Å². The van der Waals surface area contributed by atoms with Gasteiger partial charge in [-0.25, -0.2) is 4.39 Å². The zero-order valence-corrected chi connectivity index (χ0v) is 10.1. The van der Waals surface area contributed by atoms with Crippen molar-refractivity contribution in [3.05, 3.63) is 65.7 Å². The number of aromatic nitrogens is 2. The summed E-state index contributed by atoms with van der Waals surface area (Å²) in [6, 6.07) is 10.1. The first-order chi connectivity index (χ1) is 9.28. The van der Waals surface area contributed by atoms with Crippen LogP contribution in [0.2, 0.25) is 0 Å². The van der Waals surface area contributed by atoms with Gasteiger partial charge in [-0.15, -0.1) is 0 Å². The first kappa shape index (κ1) is 11.6. The fraction of sp³-hybridized carbons (Fsp3) is 0.0667. The van der Waals surface area contributed by atoms with Crippen molar-refractivity contribution in [1.82, 2.24) is 9.55 Å². The number of rotatable bonds is 3. The van der Waals surface area contributed by atoms with Crippen molar-refractivity contribution in [2.24, 2.45) is 0 Å². The third-order valence-corrected chi connectivity index (χ3v) is 3.03. The molecule has 0 saturated carbocycles. The van der Waals surface area contributed by atoms with E-state index in [0.717, 1.165) is 17.4 Å². The van der Waals surface area contributed by atoms with Crippen LogP contribution in [0.4, 0.5) is 4.39 Å². The molecule has 0 saturated heterocycles. The Labute approximate surface area is 109 Å². The van der Waals surface area contributed by atoms with Gasteiger partial charge in [0, 0.05) is 18.9 Å². The molecule has 0 unspecified atom stereocenters. The molecule has 0 spiro atoms. The molecule has 19 heavy (non-hydrogen) atoms. The van der Waals surface area contributed by atoms with E-state index in [-0.39, 0.29) is 5.82 Å². The maximum atomic E-state index is 13.2. The van der Waals surface area contributed by atoms with E-state index in [4.69, 9.17) is 0 Å². The van der Waals surface area contributed by atoms with Gasteiger partial charge in [0.1, 0.15) is 5.82 Å². The van der Waals surface area contributed by atoms with Gasteiger partial charge in [0.05, 0.1) is 16.6 Å². The lowest BCUT2D eigenvalue weighted by Gasteiger charge is -2.05. The van der Waals surface area contributed by atoms with Crippen LogP contribution in [0.25, 0.3) is 11.0 Å². The molecule has 0 aliphatic heterocycles. The van der Waals surface area contributed by atoms with E-state index in [0.29, 0.717) is 17.6 Å². The van der Waals surface area contributed by atoms with Crippen molar-refractivity contribution >= 4 is 17.3 Å². The van der Waals surface area contributed by atoms with Crippen molar-refractivity contribution in [3.8, 4) is 0 Å². The van der Waals surface area contributed by atoms with Crippen LogP contribution >= 0.6 is 0 Å². The monoisotopic (exact) mass is 254 g/mol. The number of hydrogen-bond donors (Lipinski definition) is 0. The van der Waals surface area contributed by atoms with Crippen molar-refractivity contribution in [3.63, 3.8) is 0 Å². The van der Waals surface area contributed by atoms with E-state index in [2.05, 4.69) is 4.98 Å². The number of aldehydes is 1. The molecule has 1 aromatic carbocycles. The number of halogens is 1. The quantitative estimate of drug-likeness (QED) is 0.673. The minimum absolute atomic E-state index is 0.261. The molecule has 0 bridgehead atoms. The van der Waals surface area contributed by atoms with Gasteiger partial charge in [-0.05, 0) is 29.8 Å². The SMILES string of the molecule is O=Cc1cn(Cc2cccc(F)c2)c2cccnc12. The van der Waals surface area contributed by atoms with Gasteiger partial charge in [0.25, 0.3) is 0 Å². The van der Waals surface area contributed by atoms with Gasteiger partial charge in [-0.1, -0.05) is 12.1 Å². The molecule has 2 aromatic heterocycles. The van der Waals surface area contributed by atoms with E-state index in [1.54, 1.807) is 18.5 Å². The topological polar surface area (TPSA) is 34.9 Å². The Morgan fingerprint density at radius 1 is 1.26 bits per heavy atom. The molecule has 3 nitrogen and oxygen atoms in total. The molecule has 4 heteroatoms. The molecular weight excluding hydrogens is 243 g/mol. The summed E-state index contributed by atoms with van der Waals surface area (Å²) in [4.78, 5) is 15.2. The molecule has 0 radical (unpaired) electrons. The maximum absolute atomic E-state index is 13.2. The fourth-order valence-electron chi connectivity index (χ4n) is 2.20. The van der Waals surface area contributed by atoms with Gasteiger partial charge >= 0.3 is 0 Å². The minimum Gasteiger partial charge on any atom is -0.341 e. The fourth-order valence-corrected chi connectivity index (χ4v) is 2.20. The standard InChI is InChI=1S/C15H11FN2O/c16-13-4-1-3-11(7-13)8-18-9-12(10-19)15-14(18)5-2-6-17-15/h1-7,9-10H,8H2. The summed E-state index contributed by atoms with van der Waals surface area (Å²) >= 11 is 0. The van der Waals surface area contributed by atoms with Gasteiger partial charge in [-0.2, -0.15) is 0 Å². The zero-order valence-electron chi connectivity index (χ0n) is 10.1. The molecule has 3 rings (SSSR count). The van der Waals surface area contributed by atoms with Crippen LogP contribution in [0.15, 0.2) is 48.8 Å². The Kier molecular flexibility index (Phi) is 2.83. The second-order valence-electron chi connectivity index (χ2n) is 4.33. The molecule has 94 valence electrons. The summed E-state index contributed by atoms with van der Waals surface area (Å²) < 4.78 is 15.1. The minimum atomic E-state index is -0.261. The number of carbonyl (C=O) groups is 1. The number of carbonyl (C=O) groups excluding carboxylic acids is 1. The van der Waals surface area contributed by atoms with E-state index in [1.165, 1.54) is 12.1 Å². The van der Waals surface area contributed by atoms with Crippen LogP contribution in [0.3, 0.4) is 0 Å². The third-order valence-electron chi connectivity index (χ3n) is 3.03. The van der Waals surface area contributed by atoms with Gasteiger partial charge < -0.3 is 4.57 Å². The van der Waals surface area contributed by atoms with E-state index in [1.807, 2.05) is 22.8 Å². The highest BCUT2D eigenvalue weighted by Gasteiger charge is 2.09. The van der Waals surface area contributed by atoms with Crippen molar-refractivity contribution < 1.29 is 9.18 Å². The highest BCUT2D eigenvalue weighted by molar-refractivity contribution is 5.94. The van der Waals surface area contributed by atoms with E-state index < -0.39 is 0 Å². The van der Waals surface area contributed by atoms with E-state index >= 15 is 0 Å². The summed E-state index contributed by atoms with van der Waals surface area (Å²) in [5.41, 5.74) is 2.94. The van der Waals surface area contributed by atoms with Crippen LogP contribution in [0, 0.1) is 5.82 Å².